The molecule has 1 heterocycles. The van der Waals surface area contributed by atoms with E-state index >= 15 is 0 Å². The largest absolute Gasteiger partial charge is 0.487 e. The molecule has 0 fully saturated rings. The van der Waals surface area contributed by atoms with Crippen molar-refractivity contribution >= 4 is 0 Å². The van der Waals surface area contributed by atoms with Crippen molar-refractivity contribution in [3.8, 4) is 5.75 Å². The summed E-state index contributed by atoms with van der Waals surface area (Å²) in [6.07, 6.45) is 7.09. The van der Waals surface area contributed by atoms with Crippen LogP contribution < -0.4 is 4.74 Å². The van der Waals surface area contributed by atoms with E-state index in [0.29, 0.717) is 11.8 Å². The minimum atomic E-state index is -0.0633. The van der Waals surface area contributed by atoms with Gasteiger partial charge < -0.3 is 4.74 Å². The number of hydrogen-bond acceptors (Lipinski definition) is 1. The van der Waals surface area contributed by atoms with Gasteiger partial charge in [0, 0.05) is 11.5 Å². The van der Waals surface area contributed by atoms with Crippen LogP contribution in [0, 0.1) is 12.8 Å². The van der Waals surface area contributed by atoms with Gasteiger partial charge in [-0.1, -0.05) is 31.1 Å². The lowest BCUT2D eigenvalue weighted by Gasteiger charge is -2.47. The molecule has 0 aromatic heterocycles. The van der Waals surface area contributed by atoms with Crippen LogP contribution in [0.5, 0.6) is 5.75 Å². The standard InChI is InChI=1S/C20H28O/c1-6-7-15-11-14(3)19-16-10-13(2)8-9-17(16)20(4,5)21-18(19)12-15/h8,11-12,16-17H,6-7,9-10H2,1-5H3/t16?,17-/m1/s1. The van der Waals surface area contributed by atoms with Crippen LogP contribution in [0.1, 0.15) is 69.6 Å². The van der Waals surface area contributed by atoms with Gasteiger partial charge in [-0.3, -0.25) is 0 Å². The Kier molecular flexibility index (Phi) is 3.63. The SMILES string of the molecule is CCCc1cc(C)c2c(c1)OC(C)(C)[C@@H]1CC=C(C)CC21. The van der Waals surface area contributed by atoms with E-state index in [-0.39, 0.29) is 5.60 Å². The van der Waals surface area contributed by atoms with Gasteiger partial charge in [-0.25, -0.2) is 0 Å². The molecular formula is C20H28O. The smallest absolute Gasteiger partial charge is 0.124 e. The average Bonchev–Trinajstić information content (AvgIpc) is 2.37. The Morgan fingerprint density at radius 1 is 1.24 bits per heavy atom. The number of rotatable bonds is 2. The quantitative estimate of drug-likeness (QED) is 0.646. The molecule has 1 aliphatic heterocycles. The van der Waals surface area contributed by atoms with Gasteiger partial charge >= 0.3 is 0 Å². The second-order valence-electron chi connectivity index (χ2n) is 7.48. The van der Waals surface area contributed by atoms with E-state index < -0.39 is 0 Å². The average molecular weight is 284 g/mol. The molecule has 0 saturated heterocycles. The first-order valence-corrected chi connectivity index (χ1v) is 8.40. The molecule has 1 nitrogen and oxygen atoms in total. The second kappa shape index (κ2) is 5.19. The summed E-state index contributed by atoms with van der Waals surface area (Å²) in [6, 6.07) is 4.69. The third-order valence-electron chi connectivity index (χ3n) is 5.33. The molecule has 0 radical (unpaired) electrons. The highest BCUT2D eigenvalue weighted by atomic mass is 16.5. The van der Waals surface area contributed by atoms with Crippen LogP contribution >= 0.6 is 0 Å². The molecule has 0 spiro atoms. The number of aryl methyl sites for hydroxylation is 2. The zero-order valence-corrected chi connectivity index (χ0v) is 14.1. The van der Waals surface area contributed by atoms with E-state index in [1.807, 2.05) is 0 Å². The summed E-state index contributed by atoms with van der Waals surface area (Å²) in [6.45, 7) is 11.3. The number of fused-ring (bicyclic) bond motifs is 3. The Morgan fingerprint density at radius 2 is 2.00 bits per heavy atom. The van der Waals surface area contributed by atoms with Crippen molar-refractivity contribution in [3.63, 3.8) is 0 Å². The molecule has 114 valence electrons. The Bertz CT molecular complexity index is 580. The van der Waals surface area contributed by atoms with Crippen LogP contribution in [-0.2, 0) is 6.42 Å². The fourth-order valence-electron chi connectivity index (χ4n) is 4.33. The highest BCUT2D eigenvalue weighted by molar-refractivity contribution is 5.49. The predicted octanol–water partition coefficient (Wildman–Crippen LogP) is 5.56. The van der Waals surface area contributed by atoms with Crippen LogP contribution in [0.3, 0.4) is 0 Å². The lowest BCUT2D eigenvalue weighted by Crippen LogP contribution is -2.45. The van der Waals surface area contributed by atoms with Crippen LogP contribution in [0.25, 0.3) is 0 Å². The third-order valence-corrected chi connectivity index (χ3v) is 5.33. The molecule has 0 bridgehead atoms. The molecule has 1 heteroatoms. The number of benzene rings is 1. The van der Waals surface area contributed by atoms with Crippen LogP contribution in [0.4, 0.5) is 0 Å². The number of ether oxygens (including phenoxy) is 1. The van der Waals surface area contributed by atoms with E-state index in [4.69, 9.17) is 4.74 Å². The summed E-state index contributed by atoms with van der Waals surface area (Å²) < 4.78 is 6.46. The van der Waals surface area contributed by atoms with E-state index in [1.54, 1.807) is 0 Å². The van der Waals surface area contributed by atoms with Crippen molar-refractivity contribution in [2.45, 2.75) is 71.8 Å². The normalized spacial score (nSPS) is 26.4. The third kappa shape index (κ3) is 2.52. The fraction of sp³-hybridized carbons (Fsp3) is 0.600. The monoisotopic (exact) mass is 284 g/mol. The van der Waals surface area contributed by atoms with Gasteiger partial charge in [-0.15, -0.1) is 0 Å². The Labute approximate surface area is 129 Å². The van der Waals surface area contributed by atoms with Crippen LogP contribution in [0.15, 0.2) is 23.8 Å². The summed E-state index contributed by atoms with van der Waals surface area (Å²) >= 11 is 0. The summed E-state index contributed by atoms with van der Waals surface area (Å²) in [5, 5.41) is 0. The molecule has 1 unspecified atom stereocenters. The molecular weight excluding hydrogens is 256 g/mol. The molecule has 1 aromatic carbocycles. The molecule has 0 saturated carbocycles. The summed E-state index contributed by atoms with van der Waals surface area (Å²) in [4.78, 5) is 0. The molecule has 3 rings (SSSR count). The number of hydrogen-bond donors (Lipinski definition) is 0. The zero-order chi connectivity index (χ0) is 15.2. The maximum absolute atomic E-state index is 6.46. The first-order chi connectivity index (χ1) is 9.92. The van der Waals surface area contributed by atoms with Crippen LogP contribution in [-0.4, -0.2) is 5.60 Å². The Hall–Kier alpha value is -1.24. The molecule has 0 amide bonds. The van der Waals surface area contributed by atoms with E-state index in [0.717, 1.165) is 18.6 Å². The van der Waals surface area contributed by atoms with Crippen molar-refractivity contribution in [2.75, 3.05) is 0 Å². The van der Waals surface area contributed by atoms with Gasteiger partial charge in [-0.2, -0.15) is 0 Å². The summed E-state index contributed by atoms with van der Waals surface area (Å²) in [5.74, 6) is 2.38. The minimum absolute atomic E-state index is 0.0633. The van der Waals surface area contributed by atoms with Crippen molar-refractivity contribution in [3.05, 3.63) is 40.5 Å². The van der Waals surface area contributed by atoms with Crippen molar-refractivity contribution < 1.29 is 4.74 Å². The van der Waals surface area contributed by atoms with Gasteiger partial charge in [0.1, 0.15) is 11.4 Å². The van der Waals surface area contributed by atoms with Gasteiger partial charge in [0.15, 0.2) is 0 Å². The Morgan fingerprint density at radius 3 is 2.71 bits per heavy atom. The fourth-order valence-corrected chi connectivity index (χ4v) is 4.33. The lowest BCUT2D eigenvalue weighted by atomic mass is 9.66. The molecule has 1 aromatic rings. The lowest BCUT2D eigenvalue weighted by molar-refractivity contribution is 0.00821. The van der Waals surface area contributed by atoms with E-state index in [2.05, 4.69) is 52.8 Å². The highest BCUT2D eigenvalue weighted by Gasteiger charge is 2.44. The molecule has 2 aliphatic rings. The Balaban J connectivity index is 2.10. The first kappa shape index (κ1) is 14.7. The maximum atomic E-state index is 6.46. The molecule has 21 heavy (non-hydrogen) atoms. The van der Waals surface area contributed by atoms with E-state index in [9.17, 15) is 0 Å². The minimum Gasteiger partial charge on any atom is -0.487 e. The molecule has 2 atom stereocenters. The van der Waals surface area contributed by atoms with E-state index in [1.165, 1.54) is 35.1 Å². The van der Waals surface area contributed by atoms with Gasteiger partial charge in [0.05, 0.1) is 0 Å². The van der Waals surface area contributed by atoms with Gasteiger partial charge in [-0.05, 0) is 70.1 Å². The van der Waals surface area contributed by atoms with Crippen molar-refractivity contribution in [2.24, 2.45) is 5.92 Å². The topological polar surface area (TPSA) is 9.23 Å². The highest BCUT2D eigenvalue weighted by Crippen LogP contribution is 2.52. The van der Waals surface area contributed by atoms with Gasteiger partial charge in [0.2, 0.25) is 0 Å². The maximum Gasteiger partial charge on any atom is 0.124 e. The number of allylic oxidation sites excluding steroid dienone is 2. The van der Waals surface area contributed by atoms with Crippen LogP contribution in [0.2, 0.25) is 0 Å². The zero-order valence-electron chi connectivity index (χ0n) is 14.1. The van der Waals surface area contributed by atoms with Crippen molar-refractivity contribution in [1.29, 1.82) is 0 Å². The molecule has 0 N–H and O–H groups in total. The molecule has 1 aliphatic carbocycles. The summed E-state index contributed by atoms with van der Waals surface area (Å²) in [7, 11) is 0. The van der Waals surface area contributed by atoms with Crippen molar-refractivity contribution in [1.82, 2.24) is 0 Å². The van der Waals surface area contributed by atoms with Gasteiger partial charge in [0.25, 0.3) is 0 Å². The second-order valence-corrected chi connectivity index (χ2v) is 7.48. The summed E-state index contributed by atoms with van der Waals surface area (Å²) in [5.41, 5.74) is 5.80. The first-order valence-electron chi connectivity index (χ1n) is 8.40. The predicted molar refractivity (Wildman–Crippen MR) is 89.1 cm³/mol.